The Morgan fingerprint density at radius 2 is 1.78 bits per heavy atom. The maximum atomic E-state index is 10.6. The molecular weight excluding hydrogens is 451 g/mol. The molecule has 1 aromatic heterocycles. The molecule has 1 aliphatic rings. The molecule has 0 atom stereocenters. The number of alkyl halides is 3. The Bertz CT molecular complexity index is 1020. The van der Waals surface area contributed by atoms with Crippen molar-refractivity contribution in [2.24, 2.45) is 5.92 Å². The van der Waals surface area contributed by atoms with E-state index in [0.29, 0.717) is 24.2 Å². The number of carboxylic acid groups (broad SMARTS) is 1. The van der Waals surface area contributed by atoms with Gasteiger partial charge in [0.2, 0.25) is 11.7 Å². The molecule has 11 heteroatoms. The quantitative estimate of drug-likeness (QED) is 0.553. The van der Waals surface area contributed by atoms with E-state index in [2.05, 4.69) is 15.5 Å². The van der Waals surface area contributed by atoms with E-state index in [0.717, 1.165) is 41.4 Å². The number of carbonyl (C=O) groups is 1. The zero-order valence-corrected chi connectivity index (χ0v) is 17.4. The van der Waals surface area contributed by atoms with Crippen molar-refractivity contribution in [2.45, 2.75) is 19.2 Å². The summed E-state index contributed by atoms with van der Waals surface area (Å²) in [6.07, 6.45) is -4.25. The van der Waals surface area contributed by atoms with Crippen LogP contribution in [0.5, 0.6) is 5.75 Å². The second kappa shape index (κ2) is 10.5. The van der Waals surface area contributed by atoms with Gasteiger partial charge >= 0.3 is 12.1 Å². The van der Waals surface area contributed by atoms with E-state index in [1.54, 1.807) is 0 Å². The Hall–Kier alpha value is -3.11. The molecule has 2 heterocycles. The number of rotatable bonds is 6. The number of halogens is 4. The predicted octanol–water partition coefficient (Wildman–Crippen LogP) is 4.36. The molecule has 0 bridgehead atoms. The van der Waals surface area contributed by atoms with Crippen LogP contribution in [0.4, 0.5) is 13.2 Å². The second-order valence-electron chi connectivity index (χ2n) is 6.98. The minimum absolute atomic E-state index is 0.498. The molecule has 1 aliphatic heterocycles. The fourth-order valence-corrected chi connectivity index (χ4v) is 2.77. The minimum atomic E-state index is -5.08. The summed E-state index contributed by atoms with van der Waals surface area (Å²) in [4.78, 5) is 13.4. The molecule has 3 aromatic rings. The van der Waals surface area contributed by atoms with Crippen LogP contribution in [-0.4, -0.2) is 40.5 Å². The van der Waals surface area contributed by atoms with Crippen LogP contribution in [0.2, 0.25) is 5.02 Å². The summed E-state index contributed by atoms with van der Waals surface area (Å²) in [5.74, 6) is -0.0384. The Morgan fingerprint density at radius 3 is 2.31 bits per heavy atom. The first-order valence-electron chi connectivity index (χ1n) is 9.52. The van der Waals surface area contributed by atoms with Gasteiger partial charge in [0.25, 0.3) is 0 Å². The molecule has 0 unspecified atom stereocenters. The van der Waals surface area contributed by atoms with Crippen molar-refractivity contribution in [3.8, 4) is 17.1 Å². The zero-order chi connectivity index (χ0) is 23.1. The highest BCUT2D eigenvalue weighted by atomic mass is 35.5. The van der Waals surface area contributed by atoms with E-state index in [1.807, 2.05) is 48.5 Å². The van der Waals surface area contributed by atoms with Gasteiger partial charge in [-0.1, -0.05) is 28.9 Å². The van der Waals surface area contributed by atoms with Gasteiger partial charge in [0.05, 0.1) is 0 Å². The maximum absolute atomic E-state index is 10.6. The molecule has 1 saturated heterocycles. The van der Waals surface area contributed by atoms with Crippen molar-refractivity contribution in [2.75, 3.05) is 13.1 Å². The Morgan fingerprint density at radius 1 is 1.16 bits per heavy atom. The third kappa shape index (κ3) is 6.96. The van der Waals surface area contributed by atoms with Crippen LogP contribution in [0, 0.1) is 5.92 Å². The number of aromatic nitrogens is 2. The molecular formula is C21H19ClF3N3O4. The topological polar surface area (TPSA) is 97.5 Å². The monoisotopic (exact) mass is 469 g/mol. The van der Waals surface area contributed by atoms with Crippen LogP contribution in [-0.2, 0) is 17.8 Å². The predicted molar refractivity (Wildman–Crippen MR) is 109 cm³/mol. The van der Waals surface area contributed by atoms with Crippen molar-refractivity contribution in [1.82, 2.24) is 15.5 Å². The van der Waals surface area contributed by atoms with Gasteiger partial charge in [-0.3, -0.25) is 0 Å². The number of benzene rings is 2. The van der Waals surface area contributed by atoms with Crippen LogP contribution in [0.15, 0.2) is 53.1 Å². The number of hydrogen-bond donors (Lipinski definition) is 2. The molecule has 2 aromatic carbocycles. The van der Waals surface area contributed by atoms with E-state index < -0.39 is 12.1 Å². The summed E-state index contributed by atoms with van der Waals surface area (Å²) in [5, 5.41) is 15.2. The van der Waals surface area contributed by atoms with Gasteiger partial charge in [-0.15, -0.1) is 0 Å². The van der Waals surface area contributed by atoms with Gasteiger partial charge in [0, 0.05) is 17.0 Å². The second-order valence-corrected chi connectivity index (χ2v) is 7.42. The van der Waals surface area contributed by atoms with Crippen LogP contribution in [0.3, 0.4) is 0 Å². The Balaban J connectivity index is 0.000000360. The zero-order valence-electron chi connectivity index (χ0n) is 16.6. The molecule has 0 radical (unpaired) electrons. The molecule has 32 heavy (non-hydrogen) atoms. The fraction of sp³-hybridized carbons (Fsp3) is 0.286. The van der Waals surface area contributed by atoms with Crippen molar-refractivity contribution in [1.29, 1.82) is 0 Å². The van der Waals surface area contributed by atoms with Crippen molar-refractivity contribution in [3.05, 3.63) is 65.0 Å². The maximum Gasteiger partial charge on any atom is 0.490 e. The van der Waals surface area contributed by atoms with Gasteiger partial charge in [-0.2, -0.15) is 18.2 Å². The molecule has 0 amide bonds. The lowest BCUT2D eigenvalue weighted by Crippen LogP contribution is -2.43. The summed E-state index contributed by atoms with van der Waals surface area (Å²) in [6.45, 7) is 2.55. The molecule has 170 valence electrons. The van der Waals surface area contributed by atoms with Crippen molar-refractivity contribution >= 4 is 17.6 Å². The summed E-state index contributed by atoms with van der Waals surface area (Å²) in [5.41, 5.74) is 1.99. The highest BCUT2D eigenvalue weighted by Crippen LogP contribution is 2.22. The number of ether oxygens (including phenoxy) is 1. The lowest BCUT2D eigenvalue weighted by atomic mass is 10.00. The molecule has 4 rings (SSSR count). The average molecular weight is 470 g/mol. The molecule has 1 fully saturated rings. The molecule has 0 saturated carbocycles. The normalized spacial score (nSPS) is 13.6. The van der Waals surface area contributed by atoms with E-state index in [-0.39, 0.29) is 0 Å². The molecule has 0 spiro atoms. The summed E-state index contributed by atoms with van der Waals surface area (Å²) >= 11 is 5.88. The molecule has 7 nitrogen and oxygen atoms in total. The summed E-state index contributed by atoms with van der Waals surface area (Å²) in [7, 11) is 0. The smallest absolute Gasteiger partial charge is 0.489 e. The first kappa shape index (κ1) is 23.6. The lowest BCUT2D eigenvalue weighted by molar-refractivity contribution is -0.192. The fourth-order valence-electron chi connectivity index (χ4n) is 2.64. The van der Waals surface area contributed by atoms with Crippen LogP contribution in [0.1, 0.15) is 11.5 Å². The third-order valence-electron chi connectivity index (χ3n) is 4.47. The van der Waals surface area contributed by atoms with Crippen molar-refractivity contribution in [3.63, 3.8) is 0 Å². The molecule has 0 aliphatic carbocycles. The van der Waals surface area contributed by atoms with Gasteiger partial charge in [-0.05, 0) is 61.0 Å². The minimum Gasteiger partial charge on any atom is -0.489 e. The van der Waals surface area contributed by atoms with Crippen LogP contribution in [0.25, 0.3) is 11.4 Å². The number of nitrogens with zero attached hydrogens (tertiary/aromatic N) is 2. The third-order valence-corrected chi connectivity index (χ3v) is 4.72. The highest BCUT2D eigenvalue weighted by Gasteiger charge is 2.38. The van der Waals surface area contributed by atoms with Gasteiger partial charge < -0.3 is 19.7 Å². The first-order valence-corrected chi connectivity index (χ1v) is 9.89. The SMILES string of the molecule is Clc1ccc(COc2ccc(-c3noc(CC4CNC4)n3)cc2)cc1.O=C(O)C(F)(F)F. The number of carboxylic acids is 1. The first-order chi connectivity index (χ1) is 15.2. The van der Waals surface area contributed by atoms with Crippen molar-refractivity contribution < 1.29 is 32.3 Å². The molecule has 2 N–H and O–H groups in total. The van der Waals surface area contributed by atoms with E-state index in [1.165, 1.54) is 0 Å². The van der Waals surface area contributed by atoms with Crippen LogP contribution >= 0.6 is 11.6 Å². The largest absolute Gasteiger partial charge is 0.490 e. The summed E-state index contributed by atoms with van der Waals surface area (Å²) in [6, 6.07) is 15.3. The highest BCUT2D eigenvalue weighted by molar-refractivity contribution is 6.30. The number of nitrogens with one attached hydrogen (secondary N) is 1. The number of hydrogen-bond acceptors (Lipinski definition) is 6. The van der Waals surface area contributed by atoms with Gasteiger partial charge in [0.1, 0.15) is 12.4 Å². The van der Waals surface area contributed by atoms with E-state index in [9.17, 15) is 13.2 Å². The standard InChI is InChI=1S/C19H18ClN3O2.C2HF3O2/c20-16-5-1-13(2-6-16)12-24-17-7-3-15(4-8-17)19-22-18(25-23-19)9-14-10-21-11-14;3-2(4,5)1(6)7/h1-8,14,21H,9-12H2;(H,6,7). The van der Waals surface area contributed by atoms with E-state index in [4.69, 9.17) is 30.8 Å². The van der Waals surface area contributed by atoms with E-state index >= 15 is 0 Å². The van der Waals surface area contributed by atoms with Gasteiger partial charge in [-0.25, -0.2) is 4.79 Å². The van der Waals surface area contributed by atoms with Crippen LogP contribution < -0.4 is 10.1 Å². The number of aliphatic carboxylic acids is 1. The lowest BCUT2D eigenvalue weighted by Gasteiger charge is -2.25. The summed E-state index contributed by atoms with van der Waals surface area (Å²) < 4.78 is 42.9. The Labute approximate surface area is 186 Å². The van der Waals surface area contributed by atoms with Gasteiger partial charge in [0.15, 0.2) is 0 Å². The Kier molecular flexibility index (Phi) is 7.70. The average Bonchev–Trinajstić information content (AvgIpc) is 3.19.